The van der Waals surface area contributed by atoms with E-state index in [2.05, 4.69) is 15.2 Å². The minimum absolute atomic E-state index is 0.0315. The lowest BCUT2D eigenvalue weighted by Gasteiger charge is -2.18. The van der Waals surface area contributed by atoms with Crippen LogP contribution in [0.4, 0.5) is 4.39 Å². The Labute approximate surface area is 145 Å². The monoisotopic (exact) mass is 350 g/mol. The van der Waals surface area contributed by atoms with Crippen molar-refractivity contribution in [3.8, 4) is 0 Å². The molecule has 1 amide bonds. The van der Waals surface area contributed by atoms with Gasteiger partial charge in [0.25, 0.3) is 0 Å². The van der Waals surface area contributed by atoms with Gasteiger partial charge >= 0.3 is 0 Å². The van der Waals surface area contributed by atoms with Crippen LogP contribution in [0.3, 0.4) is 0 Å². The average molecular weight is 351 g/mol. The van der Waals surface area contributed by atoms with Crippen LogP contribution in [0.25, 0.3) is 0 Å². The standard InChI is InChI=1S/C17H20ClFN4O/c1-11(24)21-16-10-23(8-12-7-13(19)3-4-15(12)18)9-14(16)17-20-5-6-22(17)2/h3-7,14,16H,8-10H2,1-2H3,(H,21,24)/t14-,16-/m1/s1. The number of aryl methyl sites for hydroxylation is 1. The SMILES string of the molecule is CC(=O)N[C@@H]1CN(Cc2cc(F)ccc2Cl)C[C@H]1c1nccn1C. The van der Waals surface area contributed by atoms with Crippen molar-refractivity contribution in [3.05, 3.63) is 52.8 Å². The number of carbonyl (C=O) groups excluding carboxylic acids is 1. The second-order valence-corrected chi connectivity index (χ2v) is 6.65. The molecule has 2 heterocycles. The fraction of sp³-hybridized carbons (Fsp3) is 0.412. The van der Waals surface area contributed by atoms with Crippen molar-refractivity contribution < 1.29 is 9.18 Å². The molecule has 0 radical (unpaired) electrons. The van der Waals surface area contributed by atoms with Gasteiger partial charge in [0.05, 0.1) is 12.0 Å². The third-order valence-corrected chi connectivity index (χ3v) is 4.74. The van der Waals surface area contributed by atoms with Crippen LogP contribution >= 0.6 is 11.6 Å². The molecule has 1 aliphatic rings. The zero-order valence-corrected chi connectivity index (χ0v) is 14.4. The highest BCUT2D eigenvalue weighted by molar-refractivity contribution is 6.31. The van der Waals surface area contributed by atoms with Gasteiger partial charge in [-0.25, -0.2) is 9.37 Å². The van der Waals surface area contributed by atoms with E-state index in [9.17, 15) is 9.18 Å². The number of amides is 1. The molecule has 0 unspecified atom stereocenters. The van der Waals surface area contributed by atoms with Crippen LogP contribution in [0.1, 0.15) is 24.2 Å². The quantitative estimate of drug-likeness (QED) is 0.920. The van der Waals surface area contributed by atoms with Crippen LogP contribution in [0, 0.1) is 5.82 Å². The molecule has 1 saturated heterocycles. The van der Waals surface area contributed by atoms with Gasteiger partial charge < -0.3 is 9.88 Å². The lowest BCUT2D eigenvalue weighted by atomic mass is 10.0. The Balaban J connectivity index is 1.80. The summed E-state index contributed by atoms with van der Waals surface area (Å²) in [5, 5.41) is 3.56. The molecule has 1 aliphatic heterocycles. The first kappa shape index (κ1) is 16.9. The maximum atomic E-state index is 13.5. The fourth-order valence-corrected chi connectivity index (χ4v) is 3.50. The van der Waals surface area contributed by atoms with Crippen molar-refractivity contribution >= 4 is 17.5 Å². The van der Waals surface area contributed by atoms with Gasteiger partial charge in [-0.1, -0.05) is 11.6 Å². The van der Waals surface area contributed by atoms with Crippen molar-refractivity contribution in [1.82, 2.24) is 19.8 Å². The molecule has 2 aromatic rings. The van der Waals surface area contributed by atoms with Crippen LogP contribution in [0.15, 0.2) is 30.6 Å². The summed E-state index contributed by atoms with van der Waals surface area (Å²) in [7, 11) is 1.94. The number of rotatable bonds is 4. The molecule has 128 valence electrons. The highest BCUT2D eigenvalue weighted by atomic mass is 35.5. The van der Waals surface area contributed by atoms with Gasteiger partial charge in [-0.15, -0.1) is 0 Å². The highest BCUT2D eigenvalue weighted by Crippen LogP contribution is 2.29. The fourth-order valence-electron chi connectivity index (χ4n) is 3.32. The second-order valence-electron chi connectivity index (χ2n) is 6.24. The van der Waals surface area contributed by atoms with Crippen molar-refractivity contribution in [2.75, 3.05) is 13.1 Å². The molecule has 3 rings (SSSR count). The molecule has 1 fully saturated rings. The van der Waals surface area contributed by atoms with Crippen LogP contribution in [-0.2, 0) is 18.4 Å². The summed E-state index contributed by atoms with van der Waals surface area (Å²) in [5.41, 5.74) is 0.749. The zero-order chi connectivity index (χ0) is 17.3. The van der Waals surface area contributed by atoms with Crippen LogP contribution in [-0.4, -0.2) is 39.5 Å². The number of imidazole rings is 1. The summed E-state index contributed by atoms with van der Waals surface area (Å²) >= 11 is 6.18. The number of carbonyl (C=O) groups is 1. The van der Waals surface area contributed by atoms with Crippen LogP contribution in [0.5, 0.6) is 0 Å². The Hall–Kier alpha value is -1.92. The first-order valence-corrected chi connectivity index (χ1v) is 8.22. The molecule has 0 aliphatic carbocycles. The summed E-state index contributed by atoms with van der Waals surface area (Å²) < 4.78 is 15.4. The van der Waals surface area contributed by atoms with Crippen molar-refractivity contribution in [1.29, 1.82) is 0 Å². The molecule has 1 N–H and O–H groups in total. The van der Waals surface area contributed by atoms with Gasteiger partial charge in [0.2, 0.25) is 5.91 Å². The normalized spacial score (nSPS) is 21.2. The topological polar surface area (TPSA) is 50.2 Å². The molecule has 1 aromatic carbocycles. The largest absolute Gasteiger partial charge is 0.352 e. The Morgan fingerprint density at radius 1 is 1.46 bits per heavy atom. The molecular formula is C17H20ClFN4O. The third kappa shape index (κ3) is 3.60. The minimum Gasteiger partial charge on any atom is -0.352 e. The summed E-state index contributed by atoms with van der Waals surface area (Å²) in [5.74, 6) is 0.653. The Morgan fingerprint density at radius 3 is 2.92 bits per heavy atom. The number of halogens is 2. The van der Waals surface area contributed by atoms with E-state index in [-0.39, 0.29) is 23.7 Å². The van der Waals surface area contributed by atoms with Gasteiger partial charge in [0.1, 0.15) is 11.6 Å². The first-order valence-electron chi connectivity index (χ1n) is 7.84. The second kappa shape index (κ2) is 6.91. The van der Waals surface area contributed by atoms with E-state index >= 15 is 0 Å². The number of hydrogen-bond acceptors (Lipinski definition) is 3. The van der Waals surface area contributed by atoms with E-state index in [1.165, 1.54) is 19.1 Å². The zero-order valence-electron chi connectivity index (χ0n) is 13.7. The average Bonchev–Trinajstić information content (AvgIpc) is 3.08. The molecule has 1 aromatic heterocycles. The van der Waals surface area contributed by atoms with E-state index in [4.69, 9.17) is 11.6 Å². The number of nitrogens with one attached hydrogen (secondary N) is 1. The Bertz CT molecular complexity index is 748. The smallest absolute Gasteiger partial charge is 0.217 e. The lowest BCUT2D eigenvalue weighted by molar-refractivity contribution is -0.119. The maximum absolute atomic E-state index is 13.5. The molecule has 7 heteroatoms. The number of aromatic nitrogens is 2. The van der Waals surface area contributed by atoms with E-state index in [0.29, 0.717) is 18.1 Å². The van der Waals surface area contributed by atoms with Gasteiger partial charge in [-0.2, -0.15) is 0 Å². The molecule has 0 bridgehead atoms. The van der Waals surface area contributed by atoms with Crippen molar-refractivity contribution in [3.63, 3.8) is 0 Å². The van der Waals surface area contributed by atoms with Gasteiger partial charge in [-0.05, 0) is 23.8 Å². The summed E-state index contributed by atoms with van der Waals surface area (Å²) in [6, 6.07) is 4.36. The number of nitrogens with zero attached hydrogens (tertiary/aromatic N) is 3. The molecule has 24 heavy (non-hydrogen) atoms. The van der Waals surface area contributed by atoms with Crippen LogP contribution in [0.2, 0.25) is 5.02 Å². The predicted octanol–water partition coefficient (Wildman–Crippen LogP) is 2.32. The molecule has 2 atom stereocenters. The first-order chi connectivity index (χ1) is 11.4. The summed E-state index contributed by atoms with van der Waals surface area (Å²) in [6.07, 6.45) is 3.65. The van der Waals surface area contributed by atoms with Gasteiger partial charge in [0.15, 0.2) is 0 Å². The van der Waals surface area contributed by atoms with E-state index in [1.54, 1.807) is 12.3 Å². The molecule has 0 saturated carbocycles. The van der Waals surface area contributed by atoms with Gasteiger partial charge in [-0.3, -0.25) is 9.69 Å². The maximum Gasteiger partial charge on any atom is 0.217 e. The third-order valence-electron chi connectivity index (χ3n) is 4.38. The van der Waals surface area contributed by atoms with E-state index in [1.807, 2.05) is 17.8 Å². The van der Waals surface area contributed by atoms with E-state index in [0.717, 1.165) is 17.9 Å². The number of benzene rings is 1. The predicted molar refractivity (Wildman–Crippen MR) is 90.2 cm³/mol. The highest BCUT2D eigenvalue weighted by Gasteiger charge is 2.36. The lowest BCUT2D eigenvalue weighted by Crippen LogP contribution is -2.39. The molecule has 0 spiro atoms. The number of hydrogen-bond donors (Lipinski definition) is 1. The Morgan fingerprint density at radius 2 is 2.25 bits per heavy atom. The summed E-state index contributed by atoms with van der Waals surface area (Å²) in [4.78, 5) is 18.1. The summed E-state index contributed by atoms with van der Waals surface area (Å²) in [6.45, 7) is 3.45. The van der Waals surface area contributed by atoms with Gasteiger partial charge in [0, 0.05) is 51.0 Å². The molecule has 5 nitrogen and oxygen atoms in total. The van der Waals surface area contributed by atoms with E-state index < -0.39 is 0 Å². The van der Waals surface area contributed by atoms with Crippen molar-refractivity contribution in [2.45, 2.75) is 25.4 Å². The minimum atomic E-state index is -0.298. The Kier molecular flexibility index (Phi) is 4.87. The van der Waals surface area contributed by atoms with Crippen molar-refractivity contribution in [2.24, 2.45) is 7.05 Å². The molecular weight excluding hydrogens is 331 g/mol. The number of likely N-dealkylation sites (tertiary alicyclic amines) is 1. The van der Waals surface area contributed by atoms with Crippen LogP contribution < -0.4 is 5.32 Å².